The number of hydrogen-bond acceptors (Lipinski definition) is 4. The number of fused-ring (bicyclic) bond motifs is 18. The molecule has 0 saturated heterocycles. The molecule has 86 heavy (non-hydrogen) atoms. The van der Waals surface area contributed by atoms with Crippen molar-refractivity contribution in [3.05, 3.63) is 215 Å². The first kappa shape index (κ1) is 54.3. The van der Waals surface area contributed by atoms with E-state index in [4.69, 9.17) is 18.8 Å². The Morgan fingerprint density at radius 1 is 0.233 bits per heavy atom. The number of rotatable bonds is 5. The van der Waals surface area contributed by atoms with Gasteiger partial charge in [0, 0.05) is 44.4 Å². The van der Waals surface area contributed by atoms with Gasteiger partial charge in [-0.1, -0.05) is 180 Å². The molecule has 16 bridgehead atoms. The first-order valence-electron chi connectivity index (χ1n) is 30.0. The topological polar surface area (TPSA) is 115 Å². The number of furan rings is 2. The molecule has 0 spiro atoms. The van der Waals surface area contributed by atoms with Crippen LogP contribution in [0.1, 0.15) is 128 Å². The number of aromatic amines is 4. The first-order chi connectivity index (χ1) is 41.1. The van der Waals surface area contributed by atoms with Gasteiger partial charge in [0.25, 0.3) is 0 Å². The van der Waals surface area contributed by atoms with Crippen molar-refractivity contribution in [3.8, 4) is 55.6 Å². The van der Waals surface area contributed by atoms with Crippen LogP contribution < -0.4 is 0 Å². The Balaban J connectivity index is 1.10. The quantitative estimate of drug-likeness (QED) is 0.137. The zero-order chi connectivity index (χ0) is 59.6. The van der Waals surface area contributed by atoms with Crippen LogP contribution in [0.3, 0.4) is 0 Å². The summed E-state index contributed by atoms with van der Waals surface area (Å²) in [6.45, 7) is 27.0. The molecule has 0 radical (unpaired) electrons. The van der Waals surface area contributed by atoms with Gasteiger partial charge in [-0.3, -0.25) is 0 Å². The Bertz CT molecular complexity index is 4660. The lowest BCUT2D eigenvalue weighted by atomic mass is 9.86. The molecule has 8 heteroatoms. The lowest BCUT2D eigenvalue weighted by molar-refractivity contribution is 0.590. The van der Waals surface area contributed by atoms with E-state index >= 15 is 0 Å². The maximum Gasteiger partial charge on any atom is 0.137 e. The Kier molecular flexibility index (Phi) is 12.6. The molecule has 0 fully saturated rings. The highest BCUT2D eigenvalue weighted by Gasteiger charge is 2.24. The van der Waals surface area contributed by atoms with Gasteiger partial charge < -0.3 is 28.8 Å². The Labute approximate surface area is 502 Å². The van der Waals surface area contributed by atoms with E-state index in [1.165, 1.54) is 22.3 Å². The number of H-pyrrole nitrogens is 4. The van der Waals surface area contributed by atoms with Crippen LogP contribution in [0, 0.1) is 0 Å². The minimum absolute atomic E-state index is 0.00459. The highest BCUT2D eigenvalue weighted by Crippen LogP contribution is 2.43. The van der Waals surface area contributed by atoms with Gasteiger partial charge in [-0.05, 0) is 163 Å². The fourth-order valence-corrected chi connectivity index (χ4v) is 12.3. The van der Waals surface area contributed by atoms with Crippen molar-refractivity contribution in [2.24, 2.45) is 0 Å². The Morgan fingerprint density at radius 3 is 0.686 bits per heavy atom. The lowest BCUT2D eigenvalue weighted by Crippen LogP contribution is -2.10. The van der Waals surface area contributed by atoms with Crippen LogP contribution in [0.25, 0.3) is 146 Å². The number of aromatic nitrogens is 6. The van der Waals surface area contributed by atoms with Crippen LogP contribution in [0.5, 0.6) is 0 Å². The SMILES string of the molecule is CC(C)(C)c1ccc(-c2c3ccc([nH]3)c3nc(c(-c4c5nc(c6ccc([nH]6)c(-c6ccc(C(C)(C)C)cc6)c6ccc(o6)c(-c6ccc(C(C)(C)C)cc6)c6ccc4[nH]6)C=C5)c4ccc([nH]4)c(-c4ccc(C(C)(C)C)cc4)c4ccc2o4)C=C3)cc1. The fourth-order valence-electron chi connectivity index (χ4n) is 12.3. The van der Waals surface area contributed by atoms with Gasteiger partial charge in [-0.15, -0.1) is 0 Å². The molecule has 2 aliphatic rings. The molecular weight excluding hydrogens is 1050 g/mol. The van der Waals surface area contributed by atoms with Crippen molar-refractivity contribution in [2.45, 2.75) is 105 Å². The first-order valence-corrected chi connectivity index (χ1v) is 30.0. The third-order valence-electron chi connectivity index (χ3n) is 17.3. The highest BCUT2D eigenvalue weighted by atomic mass is 16.3. The van der Waals surface area contributed by atoms with E-state index in [0.717, 1.165) is 145 Å². The number of hydrogen-bond donors (Lipinski definition) is 4. The van der Waals surface area contributed by atoms with Crippen LogP contribution >= 0.6 is 0 Å². The van der Waals surface area contributed by atoms with E-state index < -0.39 is 0 Å². The lowest BCUT2D eigenvalue weighted by Gasteiger charge is -2.19. The van der Waals surface area contributed by atoms with Crippen LogP contribution in [0.15, 0.2) is 179 Å². The van der Waals surface area contributed by atoms with E-state index in [2.05, 4.69) is 297 Å². The third kappa shape index (κ3) is 9.77. The van der Waals surface area contributed by atoms with E-state index in [-0.39, 0.29) is 21.7 Å². The number of nitrogens with one attached hydrogen (secondary N) is 4. The van der Waals surface area contributed by atoms with E-state index in [1.807, 2.05) is 0 Å². The molecular formula is C78H72N6O2. The molecule has 0 unspecified atom stereocenters. The van der Waals surface area contributed by atoms with Gasteiger partial charge in [-0.25, -0.2) is 9.97 Å². The van der Waals surface area contributed by atoms with Crippen molar-refractivity contribution in [3.63, 3.8) is 0 Å². The maximum atomic E-state index is 7.21. The molecule has 0 aliphatic carbocycles. The Hall–Kier alpha value is -9.66. The molecule has 10 heterocycles. The van der Waals surface area contributed by atoms with Crippen LogP contribution in [-0.2, 0) is 21.7 Å². The number of nitrogens with zero attached hydrogens (tertiary/aromatic N) is 2. The molecule has 8 aromatic heterocycles. The molecule has 4 aromatic carbocycles. The van der Waals surface area contributed by atoms with Crippen molar-refractivity contribution in [1.29, 1.82) is 0 Å². The summed E-state index contributed by atoms with van der Waals surface area (Å²) in [6, 6.07) is 61.4. The molecule has 2 aliphatic heterocycles. The summed E-state index contributed by atoms with van der Waals surface area (Å²) in [5, 5.41) is 0. The zero-order valence-electron chi connectivity index (χ0n) is 51.2. The fraction of sp³-hybridized carbons (Fsp3) is 0.205. The van der Waals surface area contributed by atoms with Gasteiger partial charge in [0.2, 0.25) is 0 Å². The highest BCUT2D eigenvalue weighted by molar-refractivity contribution is 6.05. The molecule has 14 rings (SSSR count). The summed E-state index contributed by atoms with van der Waals surface area (Å²) in [5.74, 6) is 0. The van der Waals surface area contributed by atoms with Crippen LogP contribution in [0.2, 0.25) is 0 Å². The molecule has 0 atom stereocenters. The Morgan fingerprint density at radius 2 is 0.442 bits per heavy atom. The average Bonchev–Trinajstić information content (AvgIpc) is 2.73. The molecule has 4 N–H and O–H groups in total. The smallest absolute Gasteiger partial charge is 0.137 e. The molecule has 0 amide bonds. The van der Waals surface area contributed by atoms with E-state index in [0.29, 0.717) is 0 Å². The van der Waals surface area contributed by atoms with Crippen molar-refractivity contribution >= 4 is 90.8 Å². The predicted molar refractivity (Wildman–Crippen MR) is 362 cm³/mol. The van der Waals surface area contributed by atoms with E-state index in [1.54, 1.807) is 0 Å². The average molecular weight is 1130 g/mol. The van der Waals surface area contributed by atoms with Crippen molar-refractivity contribution < 1.29 is 8.83 Å². The van der Waals surface area contributed by atoms with Crippen LogP contribution in [0.4, 0.5) is 0 Å². The third-order valence-corrected chi connectivity index (χ3v) is 17.3. The van der Waals surface area contributed by atoms with Gasteiger partial charge in [0.15, 0.2) is 0 Å². The maximum absolute atomic E-state index is 7.21. The molecule has 12 aromatic rings. The largest absolute Gasteiger partial charge is 0.456 e. The molecule has 0 saturated carbocycles. The second-order valence-corrected chi connectivity index (χ2v) is 27.5. The van der Waals surface area contributed by atoms with Gasteiger partial charge >= 0.3 is 0 Å². The minimum atomic E-state index is -0.0342. The summed E-state index contributed by atoms with van der Waals surface area (Å²) in [4.78, 5) is 26.8. The second-order valence-electron chi connectivity index (χ2n) is 27.5. The van der Waals surface area contributed by atoms with Crippen molar-refractivity contribution in [2.75, 3.05) is 0 Å². The van der Waals surface area contributed by atoms with Gasteiger partial charge in [0.05, 0.1) is 55.9 Å². The van der Waals surface area contributed by atoms with Crippen LogP contribution in [-0.4, -0.2) is 29.9 Å². The van der Waals surface area contributed by atoms with Gasteiger partial charge in [-0.2, -0.15) is 0 Å². The monoisotopic (exact) mass is 1120 g/mol. The predicted octanol–water partition coefficient (Wildman–Crippen LogP) is 21.8. The summed E-state index contributed by atoms with van der Waals surface area (Å²) >= 11 is 0. The summed E-state index contributed by atoms with van der Waals surface area (Å²) in [5.41, 5.74) is 27.9. The number of benzene rings is 4. The van der Waals surface area contributed by atoms with Crippen molar-refractivity contribution in [1.82, 2.24) is 29.9 Å². The summed E-state index contributed by atoms with van der Waals surface area (Å²) < 4.78 is 14.4. The second kappa shape index (κ2) is 20.0. The van der Waals surface area contributed by atoms with E-state index in [9.17, 15) is 0 Å². The minimum Gasteiger partial charge on any atom is -0.456 e. The summed E-state index contributed by atoms with van der Waals surface area (Å²) in [7, 11) is 0. The summed E-state index contributed by atoms with van der Waals surface area (Å²) in [6.07, 6.45) is 8.50. The normalized spacial score (nSPS) is 13.0. The molecule has 8 nitrogen and oxygen atoms in total. The molecule has 426 valence electrons. The van der Waals surface area contributed by atoms with Gasteiger partial charge in [0.1, 0.15) is 22.3 Å². The zero-order valence-corrected chi connectivity index (χ0v) is 51.2. The standard InChI is InChI=1S/C78H72N6O2/c1-75(2,3)49-21-13-45(14-22-49)69-57-33-29-53(79-57)55-31-35-61(81-55)73(63-39-37-59(83-63)71(67-43-41-65(69)85-67)47-17-25-51(26-18-47)77(7,8)9)74-62-36-32-56(82-62)54-30-34-58(80-54)70(46-15-23-50(24-16-46)76(4,5)6)66-42-44-68(86-66)72(60-38-40-64(74)84-60)48-19-27-52(28-20-48)78(10,11)12/h13-44,79-80,83-84H,1-12H3.